The molecule has 1 aliphatic heterocycles. The molecular formula is C20H30O. The predicted octanol–water partition coefficient (Wildman–Crippen LogP) is 4.99. The monoisotopic (exact) mass is 286 g/mol. The van der Waals surface area contributed by atoms with Gasteiger partial charge in [0.05, 0.1) is 12.7 Å². The minimum Gasteiger partial charge on any atom is -0.377 e. The van der Waals surface area contributed by atoms with Crippen molar-refractivity contribution in [1.29, 1.82) is 0 Å². The number of ether oxygens (including phenoxy) is 1. The van der Waals surface area contributed by atoms with Gasteiger partial charge in [-0.1, -0.05) is 37.6 Å². The second kappa shape index (κ2) is 4.47. The zero-order valence-corrected chi connectivity index (χ0v) is 14.1. The smallest absolute Gasteiger partial charge is 0.0719 e. The highest BCUT2D eigenvalue weighted by Crippen LogP contribution is 2.80. The summed E-state index contributed by atoms with van der Waals surface area (Å²) in [6.45, 7) is 10.5. The molecule has 7 atom stereocenters. The Hall–Kier alpha value is -0.560. The summed E-state index contributed by atoms with van der Waals surface area (Å²) in [5, 5.41) is 0. The van der Waals surface area contributed by atoms with Crippen molar-refractivity contribution in [3.8, 4) is 0 Å². The standard InChI is InChI=1S/C20H30O/c1-13(2)6-5-7-14(3)15-8-10-19(4)11-9-16-18-20(16,19)17(15)12-21-18/h6,9,11,14-18H,5,7-8,10,12H2,1-4H3/t14-,15+,16?,17+,18+,19-,20-/m1/s1. The van der Waals surface area contributed by atoms with Crippen molar-refractivity contribution >= 4 is 0 Å². The van der Waals surface area contributed by atoms with E-state index in [1.807, 2.05) is 0 Å². The Morgan fingerprint density at radius 1 is 1.43 bits per heavy atom. The van der Waals surface area contributed by atoms with Gasteiger partial charge in [-0.25, -0.2) is 0 Å². The van der Waals surface area contributed by atoms with E-state index in [1.165, 1.54) is 31.3 Å². The number of fused-ring (bicyclic) bond motifs is 1. The van der Waals surface area contributed by atoms with Crippen LogP contribution >= 0.6 is 0 Å². The van der Waals surface area contributed by atoms with Crippen LogP contribution in [0.4, 0.5) is 0 Å². The summed E-state index contributed by atoms with van der Waals surface area (Å²) in [6.07, 6.45) is 13.4. The van der Waals surface area contributed by atoms with Crippen molar-refractivity contribution in [2.75, 3.05) is 6.61 Å². The largest absolute Gasteiger partial charge is 0.377 e. The summed E-state index contributed by atoms with van der Waals surface area (Å²) in [5.74, 6) is 3.31. The van der Waals surface area contributed by atoms with Gasteiger partial charge in [0.25, 0.3) is 0 Å². The molecule has 0 radical (unpaired) electrons. The molecule has 0 aromatic carbocycles. The summed E-state index contributed by atoms with van der Waals surface area (Å²) in [7, 11) is 0. The van der Waals surface area contributed by atoms with Crippen LogP contribution in [0.3, 0.4) is 0 Å². The van der Waals surface area contributed by atoms with Gasteiger partial charge < -0.3 is 4.74 Å². The molecule has 1 nitrogen and oxygen atoms in total. The average molecular weight is 286 g/mol. The summed E-state index contributed by atoms with van der Waals surface area (Å²) in [4.78, 5) is 0. The molecule has 2 saturated carbocycles. The van der Waals surface area contributed by atoms with Crippen LogP contribution in [0.5, 0.6) is 0 Å². The first-order valence-corrected chi connectivity index (χ1v) is 8.95. The molecular weight excluding hydrogens is 256 g/mol. The molecule has 1 saturated heterocycles. The third kappa shape index (κ3) is 1.67. The molecule has 1 heterocycles. The number of hydrogen-bond acceptors (Lipinski definition) is 1. The Kier molecular flexibility index (Phi) is 2.99. The maximum atomic E-state index is 6.22. The molecule has 0 aromatic heterocycles. The second-order valence-electron chi connectivity index (χ2n) is 8.63. The van der Waals surface area contributed by atoms with Crippen LogP contribution in [-0.4, -0.2) is 12.7 Å². The lowest BCUT2D eigenvalue weighted by atomic mass is 9.55. The van der Waals surface area contributed by atoms with Crippen LogP contribution < -0.4 is 0 Å². The highest BCUT2D eigenvalue weighted by atomic mass is 16.5. The van der Waals surface area contributed by atoms with Gasteiger partial charge in [0, 0.05) is 11.3 Å². The minimum atomic E-state index is 0.444. The SMILES string of the molecule is CC(C)=CCC[C@@H](C)[C@@H]1CC[C@]2(C)C=CC3[C@@H]4OC[C@@H]1[C@]342. The van der Waals surface area contributed by atoms with Gasteiger partial charge in [-0.15, -0.1) is 0 Å². The molecule has 4 rings (SSSR count). The normalized spacial score (nSPS) is 50.5. The Morgan fingerprint density at radius 2 is 2.24 bits per heavy atom. The second-order valence-corrected chi connectivity index (χ2v) is 8.63. The van der Waals surface area contributed by atoms with Crippen molar-refractivity contribution in [3.63, 3.8) is 0 Å². The van der Waals surface area contributed by atoms with E-state index in [-0.39, 0.29) is 0 Å². The summed E-state index contributed by atoms with van der Waals surface area (Å²) in [6, 6.07) is 0. The first kappa shape index (κ1) is 14.1. The van der Waals surface area contributed by atoms with Gasteiger partial charge in [-0.3, -0.25) is 0 Å². The first-order chi connectivity index (χ1) is 10.0. The highest BCUT2D eigenvalue weighted by molar-refractivity contribution is 5.40. The molecule has 3 fully saturated rings. The fourth-order valence-electron chi connectivity index (χ4n) is 6.27. The Labute approximate surface area is 129 Å². The lowest BCUT2D eigenvalue weighted by Gasteiger charge is -2.48. The topological polar surface area (TPSA) is 9.23 Å². The maximum absolute atomic E-state index is 6.22. The highest BCUT2D eigenvalue weighted by Gasteiger charge is 2.82. The fraction of sp³-hybridized carbons (Fsp3) is 0.800. The molecule has 1 spiro atoms. The lowest BCUT2D eigenvalue weighted by Crippen LogP contribution is -2.44. The fourth-order valence-corrected chi connectivity index (χ4v) is 6.27. The van der Waals surface area contributed by atoms with Crippen LogP contribution in [0.2, 0.25) is 0 Å². The van der Waals surface area contributed by atoms with Crippen molar-refractivity contribution in [3.05, 3.63) is 23.8 Å². The van der Waals surface area contributed by atoms with E-state index in [1.54, 1.807) is 0 Å². The molecule has 0 amide bonds. The molecule has 116 valence electrons. The van der Waals surface area contributed by atoms with Crippen molar-refractivity contribution in [2.24, 2.45) is 34.5 Å². The van der Waals surface area contributed by atoms with Gasteiger partial charge in [-0.2, -0.15) is 0 Å². The quantitative estimate of drug-likeness (QED) is 0.662. The van der Waals surface area contributed by atoms with Gasteiger partial charge in [0.15, 0.2) is 0 Å². The Morgan fingerprint density at radius 3 is 2.95 bits per heavy atom. The molecule has 0 aromatic rings. The molecule has 1 unspecified atom stereocenters. The van der Waals surface area contributed by atoms with Crippen molar-refractivity contribution in [1.82, 2.24) is 0 Å². The van der Waals surface area contributed by atoms with Crippen molar-refractivity contribution in [2.45, 2.75) is 59.5 Å². The van der Waals surface area contributed by atoms with E-state index in [4.69, 9.17) is 4.74 Å². The molecule has 0 N–H and O–H groups in total. The summed E-state index contributed by atoms with van der Waals surface area (Å²) < 4.78 is 6.22. The van der Waals surface area contributed by atoms with Crippen LogP contribution in [0.15, 0.2) is 23.8 Å². The molecule has 0 bridgehead atoms. The third-order valence-electron chi connectivity index (χ3n) is 7.39. The number of allylic oxidation sites excluding steroid dienone is 3. The van der Waals surface area contributed by atoms with Crippen LogP contribution in [0.1, 0.15) is 53.4 Å². The van der Waals surface area contributed by atoms with E-state index in [2.05, 4.69) is 45.9 Å². The van der Waals surface area contributed by atoms with Gasteiger partial charge in [0.1, 0.15) is 0 Å². The molecule has 4 aliphatic rings. The van der Waals surface area contributed by atoms with Crippen LogP contribution in [-0.2, 0) is 4.74 Å². The van der Waals surface area contributed by atoms with E-state index < -0.39 is 0 Å². The summed E-state index contributed by atoms with van der Waals surface area (Å²) >= 11 is 0. The van der Waals surface area contributed by atoms with Gasteiger partial charge in [-0.05, 0) is 62.7 Å². The van der Waals surface area contributed by atoms with Gasteiger partial charge >= 0.3 is 0 Å². The number of rotatable bonds is 4. The average Bonchev–Trinajstić information content (AvgIpc) is 2.74. The van der Waals surface area contributed by atoms with E-state index in [9.17, 15) is 0 Å². The molecule has 3 aliphatic carbocycles. The molecule has 1 heteroatoms. The Balaban J connectivity index is 1.51. The molecule has 21 heavy (non-hydrogen) atoms. The predicted molar refractivity (Wildman–Crippen MR) is 87.0 cm³/mol. The van der Waals surface area contributed by atoms with E-state index in [0.717, 1.165) is 30.3 Å². The van der Waals surface area contributed by atoms with Crippen molar-refractivity contribution < 1.29 is 4.74 Å². The van der Waals surface area contributed by atoms with E-state index in [0.29, 0.717) is 16.9 Å². The lowest BCUT2D eigenvalue weighted by molar-refractivity contribution is 0.0140. The zero-order valence-electron chi connectivity index (χ0n) is 14.1. The number of hydrogen-bond donors (Lipinski definition) is 0. The third-order valence-corrected chi connectivity index (χ3v) is 7.39. The zero-order chi connectivity index (χ0) is 14.8. The summed E-state index contributed by atoms with van der Waals surface area (Å²) in [5.41, 5.74) is 2.42. The van der Waals surface area contributed by atoms with Crippen LogP contribution in [0.25, 0.3) is 0 Å². The first-order valence-electron chi connectivity index (χ1n) is 8.95. The van der Waals surface area contributed by atoms with E-state index >= 15 is 0 Å². The van der Waals surface area contributed by atoms with Crippen LogP contribution in [0, 0.1) is 34.5 Å². The minimum absolute atomic E-state index is 0.444. The Bertz CT molecular complexity index is 500. The maximum Gasteiger partial charge on any atom is 0.0719 e. The van der Waals surface area contributed by atoms with Gasteiger partial charge in [0.2, 0.25) is 0 Å².